The van der Waals surface area contributed by atoms with Crippen molar-refractivity contribution in [3.05, 3.63) is 35.7 Å². The number of likely N-dealkylation sites (tertiary alicyclic amines) is 1. The van der Waals surface area contributed by atoms with Gasteiger partial charge in [0, 0.05) is 12.5 Å². The quantitative estimate of drug-likeness (QED) is 0.861. The van der Waals surface area contributed by atoms with E-state index in [0.717, 1.165) is 49.9 Å². The van der Waals surface area contributed by atoms with E-state index in [9.17, 15) is 4.79 Å². The minimum Gasteiger partial charge on any atom is -0.332 e. The third kappa shape index (κ3) is 3.30. The van der Waals surface area contributed by atoms with Gasteiger partial charge in [0.15, 0.2) is 5.82 Å². The molecule has 1 amide bonds. The Kier molecular flexibility index (Phi) is 4.51. The van der Waals surface area contributed by atoms with Crippen molar-refractivity contribution in [3.63, 3.8) is 0 Å². The van der Waals surface area contributed by atoms with E-state index in [4.69, 9.17) is 0 Å². The van der Waals surface area contributed by atoms with Crippen LogP contribution in [0.2, 0.25) is 0 Å². The fraction of sp³-hybridized carbons (Fsp3) is 0.579. The molecular formula is C19H25N5O. The molecular weight excluding hydrogens is 314 g/mol. The Morgan fingerprint density at radius 1 is 1.12 bits per heavy atom. The number of piperidine rings is 1. The van der Waals surface area contributed by atoms with Gasteiger partial charge < -0.3 is 4.90 Å². The van der Waals surface area contributed by atoms with E-state index < -0.39 is 0 Å². The molecule has 0 bridgehead atoms. The molecule has 1 unspecified atom stereocenters. The third-order valence-corrected chi connectivity index (χ3v) is 5.45. The Hall–Kier alpha value is -2.24. The first-order valence-electron chi connectivity index (χ1n) is 9.40. The van der Waals surface area contributed by atoms with Crippen LogP contribution in [-0.4, -0.2) is 37.6 Å². The Balaban J connectivity index is 1.57. The van der Waals surface area contributed by atoms with Crippen LogP contribution in [0.15, 0.2) is 24.3 Å². The summed E-state index contributed by atoms with van der Waals surface area (Å²) in [5, 5.41) is 13.1. The van der Waals surface area contributed by atoms with Crippen molar-refractivity contribution in [2.24, 2.45) is 5.92 Å². The highest BCUT2D eigenvalue weighted by molar-refractivity contribution is 5.79. The van der Waals surface area contributed by atoms with Gasteiger partial charge in [-0.15, -0.1) is 15.0 Å². The Labute approximate surface area is 148 Å². The van der Waals surface area contributed by atoms with Crippen LogP contribution in [0.25, 0.3) is 5.69 Å². The lowest BCUT2D eigenvalue weighted by Crippen LogP contribution is -2.41. The van der Waals surface area contributed by atoms with E-state index >= 15 is 0 Å². The van der Waals surface area contributed by atoms with Gasteiger partial charge in [-0.05, 0) is 61.9 Å². The minimum absolute atomic E-state index is 0.0274. The predicted molar refractivity (Wildman–Crippen MR) is 94.2 cm³/mol. The van der Waals surface area contributed by atoms with Crippen molar-refractivity contribution in [2.45, 2.75) is 57.9 Å². The van der Waals surface area contributed by atoms with Crippen LogP contribution in [0.5, 0.6) is 0 Å². The number of aromatic nitrogens is 4. The summed E-state index contributed by atoms with van der Waals surface area (Å²) in [6.07, 6.45) is 7.53. The molecule has 4 rings (SSSR count). The van der Waals surface area contributed by atoms with Crippen LogP contribution < -0.4 is 0 Å². The van der Waals surface area contributed by atoms with Gasteiger partial charge >= 0.3 is 0 Å². The van der Waals surface area contributed by atoms with Crippen LogP contribution in [0.1, 0.15) is 62.4 Å². The molecule has 1 aliphatic heterocycles. The molecule has 2 heterocycles. The monoisotopic (exact) mass is 339 g/mol. The van der Waals surface area contributed by atoms with Crippen LogP contribution in [-0.2, 0) is 4.79 Å². The van der Waals surface area contributed by atoms with Gasteiger partial charge in [-0.25, -0.2) is 0 Å². The summed E-state index contributed by atoms with van der Waals surface area (Å²) in [4.78, 5) is 16.6. The molecule has 0 spiro atoms. The first-order valence-corrected chi connectivity index (χ1v) is 9.40. The van der Waals surface area contributed by atoms with E-state index in [2.05, 4.69) is 15.4 Å². The molecule has 2 aromatic rings. The number of tetrazole rings is 1. The van der Waals surface area contributed by atoms with Gasteiger partial charge in [-0.1, -0.05) is 25.0 Å². The Bertz CT molecular complexity index is 750. The number of carbonyl (C=O) groups excluding carboxylic acids is 1. The zero-order chi connectivity index (χ0) is 17.2. The highest BCUT2D eigenvalue weighted by atomic mass is 16.2. The minimum atomic E-state index is -0.0274. The van der Waals surface area contributed by atoms with E-state index in [1.165, 1.54) is 12.8 Å². The van der Waals surface area contributed by atoms with Crippen LogP contribution >= 0.6 is 0 Å². The van der Waals surface area contributed by atoms with Gasteiger partial charge in [0.05, 0.1) is 11.7 Å². The molecule has 1 saturated carbocycles. The number of aryl methyl sites for hydroxylation is 1. The number of hydrogen-bond acceptors (Lipinski definition) is 4. The normalized spacial score (nSPS) is 21.6. The van der Waals surface area contributed by atoms with Gasteiger partial charge in [0.25, 0.3) is 0 Å². The van der Waals surface area contributed by atoms with E-state index in [0.29, 0.717) is 11.7 Å². The lowest BCUT2D eigenvalue weighted by atomic mass is 9.98. The van der Waals surface area contributed by atoms with E-state index in [-0.39, 0.29) is 12.0 Å². The average Bonchev–Trinajstić information content (AvgIpc) is 3.33. The molecule has 2 aliphatic rings. The second-order valence-corrected chi connectivity index (χ2v) is 7.30. The van der Waals surface area contributed by atoms with Gasteiger partial charge in [-0.2, -0.15) is 0 Å². The summed E-state index contributed by atoms with van der Waals surface area (Å²) in [7, 11) is 0. The fourth-order valence-electron chi connectivity index (χ4n) is 4.09. The molecule has 25 heavy (non-hydrogen) atoms. The lowest BCUT2D eigenvalue weighted by Gasteiger charge is -2.35. The molecule has 0 radical (unpaired) electrons. The Morgan fingerprint density at radius 3 is 2.72 bits per heavy atom. The van der Waals surface area contributed by atoms with Gasteiger partial charge in [0.2, 0.25) is 5.91 Å². The maximum Gasteiger partial charge on any atom is 0.226 e. The molecule has 1 aliphatic carbocycles. The molecule has 2 fully saturated rings. The van der Waals surface area contributed by atoms with Crippen molar-refractivity contribution in [1.29, 1.82) is 0 Å². The molecule has 0 N–H and O–H groups in total. The van der Waals surface area contributed by atoms with E-state index in [1.807, 2.05) is 36.1 Å². The summed E-state index contributed by atoms with van der Waals surface area (Å²) in [6, 6.07) is 8.02. The molecule has 6 nitrogen and oxygen atoms in total. The number of carbonyl (C=O) groups is 1. The molecule has 1 atom stereocenters. The Morgan fingerprint density at radius 2 is 1.92 bits per heavy atom. The van der Waals surface area contributed by atoms with Gasteiger partial charge in [-0.3, -0.25) is 4.79 Å². The molecule has 1 aromatic carbocycles. The first-order chi connectivity index (χ1) is 12.2. The highest BCUT2D eigenvalue weighted by Gasteiger charge is 2.35. The summed E-state index contributed by atoms with van der Waals surface area (Å²) in [5.41, 5.74) is 2.07. The first kappa shape index (κ1) is 16.2. The van der Waals surface area contributed by atoms with E-state index in [1.54, 1.807) is 4.80 Å². The van der Waals surface area contributed by atoms with Gasteiger partial charge in [0.1, 0.15) is 0 Å². The smallest absolute Gasteiger partial charge is 0.226 e. The standard InChI is InChI=1S/C19H25N5O/c1-14-7-6-10-16(13-14)24-21-18(20-22-24)17-11-4-5-12-23(17)19(25)15-8-2-3-9-15/h6-7,10,13,15,17H,2-5,8-9,11-12H2,1H3. The SMILES string of the molecule is Cc1cccc(-n2nnc(C3CCCCN3C(=O)C3CCCC3)n2)c1. The molecule has 132 valence electrons. The van der Waals surface area contributed by atoms with Crippen molar-refractivity contribution in [3.8, 4) is 5.69 Å². The second kappa shape index (κ2) is 6.94. The number of nitrogens with zero attached hydrogens (tertiary/aromatic N) is 5. The summed E-state index contributed by atoms with van der Waals surface area (Å²) in [5.74, 6) is 1.18. The van der Waals surface area contributed by atoms with Crippen LogP contribution in [0.4, 0.5) is 0 Å². The zero-order valence-corrected chi connectivity index (χ0v) is 14.8. The lowest BCUT2D eigenvalue weighted by molar-refractivity contribution is -0.139. The van der Waals surface area contributed by atoms with Crippen LogP contribution in [0, 0.1) is 12.8 Å². The number of rotatable bonds is 3. The molecule has 1 saturated heterocycles. The topological polar surface area (TPSA) is 63.9 Å². The summed E-state index contributed by atoms with van der Waals surface area (Å²) in [6.45, 7) is 2.86. The van der Waals surface area contributed by atoms with Crippen molar-refractivity contribution in [2.75, 3.05) is 6.54 Å². The molecule has 1 aromatic heterocycles. The second-order valence-electron chi connectivity index (χ2n) is 7.30. The fourth-order valence-corrected chi connectivity index (χ4v) is 4.09. The van der Waals surface area contributed by atoms with Crippen molar-refractivity contribution < 1.29 is 4.79 Å². The average molecular weight is 339 g/mol. The summed E-state index contributed by atoms with van der Waals surface area (Å²) >= 11 is 0. The van der Waals surface area contributed by atoms with Crippen molar-refractivity contribution in [1.82, 2.24) is 25.1 Å². The largest absolute Gasteiger partial charge is 0.332 e. The highest BCUT2D eigenvalue weighted by Crippen LogP contribution is 2.34. The zero-order valence-electron chi connectivity index (χ0n) is 14.8. The molecule has 6 heteroatoms. The maximum atomic E-state index is 12.9. The van der Waals surface area contributed by atoms with Crippen LogP contribution in [0.3, 0.4) is 0 Å². The predicted octanol–water partition coefficient (Wildman–Crippen LogP) is 3.21. The third-order valence-electron chi connectivity index (χ3n) is 5.45. The number of benzene rings is 1. The van der Waals surface area contributed by atoms with Crippen molar-refractivity contribution >= 4 is 5.91 Å². The number of hydrogen-bond donors (Lipinski definition) is 0. The maximum absolute atomic E-state index is 12.9. The summed E-state index contributed by atoms with van der Waals surface area (Å²) < 4.78 is 0. The number of amides is 1.